The first-order valence-corrected chi connectivity index (χ1v) is 10.5. The maximum absolute atomic E-state index is 13.3. The molecule has 2 rings (SSSR count). The number of amides is 1. The summed E-state index contributed by atoms with van der Waals surface area (Å²) in [5, 5.41) is 8.96. The van der Waals surface area contributed by atoms with Crippen molar-refractivity contribution in [2.45, 2.75) is 71.5 Å². The molecule has 0 radical (unpaired) electrons. The Kier molecular flexibility index (Phi) is 7.74. The smallest absolute Gasteiger partial charge is 0.416 e. The number of carboxylic acids is 1. The number of hydrogen-bond donors (Lipinski definition) is 1. The summed E-state index contributed by atoms with van der Waals surface area (Å²) in [4.78, 5) is 28.2. The zero-order valence-corrected chi connectivity index (χ0v) is 19.1. The van der Waals surface area contributed by atoms with Crippen molar-refractivity contribution < 1.29 is 27.9 Å². The molecule has 0 fully saturated rings. The lowest BCUT2D eigenvalue weighted by atomic mass is 9.92. The second-order valence-electron chi connectivity index (χ2n) is 8.82. The van der Waals surface area contributed by atoms with Crippen LogP contribution in [0.3, 0.4) is 0 Å². The fourth-order valence-electron chi connectivity index (χ4n) is 3.51. The number of unbranched alkanes of at least 4 members (excludes halogenated alkanes) is 1. The highest BCUT2D eigenvalue weighted by Gasteiger charge is 2.32. The number of rotatable bonds is 7. The van der Waals surface area contributed by atoms with E-state index in [1.54, 1.807) is 6.07 Å². The highest BCUT2D eigenvalue weighted by atomic mass is 19.4. The third kappa shape index (κ3) is 6.11. The largest absolute Gasteiger partial charge is 0.481 e. The average molecular weight is 454 g/mol. The molecule has 1 amide bonds. The van der Waals surface area contributed by atoms with Crippen LogP contribution in [-0.4, -0.2) is 26.3 Å². The molecular formula is C23H30F3N3O3. The maximum atomic E-state index is 13.3. The van der Waals surface area contributed by atoms with Crippen LogP contribution in [0.2, 0.25) is 0 Å². The van der Waals surface area contributed by atoms with Crippen LogP contribution >= 0.6 is 0 Å². The summed E-state index contributed by atoms with van der Waals surface area (Å²) < 4.78 is 43.5. The van der Waals surface area contributed by atoms with Gasteiger partial charge in [0.1, 0.15) is 0 Å². The Morgan fingerprint density at radius 2 is 1.78 bits per heavy atom. The van der Waals surface area contributed by atoms with Gasteiger partial charge < -0.3 is 5.11 Å². The topological polar surface area (TPSA) is 76.6 Å². The molecular weight excluding hydrogens is 423 g/mol. The van der Waals surface area contributed by atoms with Crippen molar-refractivity contribution in [3.05, 3.63) is 52.1 Å². The first kappa shape index (κ1) is 25.4. The van der Waals surface area contributed by atoms with Gasteiger partial charge in [-0.2, -0.15) is 18.2 Å². The van der Waals surface area contributed by atoms with Crippen LogP contribution in [0.4, 0.5) is 13.2 Å². The number of aromatic nitrogens is 2. The molecule has 176 valence electrons. The molecule has 0 saturated heterocycles. The molecule has 6 nitrogen and oxygen atoms in total. The van der Waals surface area contributed by atoms with Gasteiger partial charge in [-0.1, -0.05) is 40.2 Å². The summed E-state index contributed by atoms with van der Waals surface area (Å²) in [6.07, 6.45) is -3.24. The minimum absolute atomic E-state index is 0.0675. The summed E-state index contributed by atoms with van der Waals surface area (Å²) in [7, 11) is 1.86. The fourth-order valence-corrected chi connectivity index (χ4v) is 3.51. The van der Waals surface area contributed by atoms with Gasteiger partial charge in [-0.3, -0.25) is 19.0 Å². The summed E-state index contributed by atoms with van der Waals surface area (Å²) in [6, 6.07) is 4.55. The van der Waals surface area contributed by atoms with Crippen molar-refractivity contribution in [1.29, 1.82) is 0 Å². The Hall–Kier alpha value is -2.84. The van der Waals surface area contributed by atoms with Gasteiger partial charge in [0.25, 0.3) is 5.91 Å². The van der Waals surface area contributed by atoms with E-state index in [9.17, 15) is 22.8 Å². The Labute approximate surface area is 185 Å². The standard InChI is InChI=1S/C23H30F3N3O3/c1-6-7-12-29-19(14-18(28(29)5)22(2,3)4)27-21(32)17-13-16(23(24,25)26)10-8-15(17)9-11-20(30)31/h8,10,13-14H,6-7,9,11-12H2,1-5H3,(H,30,31). The summed E-state index contributed by atoms with van der Waals surface area (Å²) in [5.74, 6) is -1.93. The second-order valence-corrected chi connectivity index (χ2v) is 8.82. The molecule has 2 aromatic rings. The van der Waals surface area contributed by atoms with Gasteiger partial charge in [0.05, 0.1) is 5.56 Å². The first-order chi connectivity index (χ1) is 14.8. The molecule has 1 N–H and O–H groups in total. The summed E-state index contributed by atoms with van der Waals surface area (Å²) in [5.41, 5.74) is 0.0678. The monoisotopic (exact) mass is 453 g/mol. The van der Waals surface area contributed by atoms with E-state index in [2.05, 4.69) is 4.99 Å². The molecule has 0 aliphatic carbocycles. The van der Waals surface area contributed by atoms with Crippen molar-refractivity contribution in [2.24, 2.45) is 12.0 Å². The maximum Gasteiger partial charge on any atom is 0.416 e. The molecule has 32 heavy (non-hydrogen) atoms. The van der Waals surface area contributed by atoms with Gasteiger partial charge in [-0.15, -0.1) is 0 Å². The van der Waals surface area contributed by atoms with Gasteiger partial charge in [0.15, 0.2) is 5.49 Å². The number of nitrogens with zero attached hydrogens (tertiary/aromatic N) is 3. The Morgan fingerprint density at radius 3 is 2.31 bits per heavy atom. The van der Waals surface area contributed by atoms with E-state index in [0.717, 1.165) is 36.7 Å². The molecule has 0 unspecified atom stereocenters. The normalized spacial score (nSPS) is 12.9. The van der Waals surface area contributed by atoms with Crippen LogP contribution in [0.15, 0.2) is 29.3 Å². The molecule has 0 aliphatic heterocycles. The van der Waals surface area contributed by atoms with Crippen molar-refractivity contribution in [2.75, 3.05) is 0 Å². The van der Waals surface area contributed by atoms with Crippen molar-refractivity contribution in [3.63, 3.8) is 0 Å². The molecule has 1 aromatic heterocycles. The van der Waals surface area contributed by atoms with Crippen LogP contribution in [0.25, 0.3) is 0 Å². The Balaban J connectivity index is 2.64. The third-order valence-corrected chi connectivity index (χ3v) is 5.22. The molecule has 0 spiro atoms. The van der Waals surface area contributed by atoms with Crippen LogP contribution in [-0.2, 0) is 36.4 Å². The van der Waals surface area contributed by atoms with Gasteiger partial charge >= 0.3 is 12.1 Å². The molecule has 0 bridgehead atoms. The number of hydrogen-bond acceptors (Lipinski definition) is 2. The van der Waals surface area contributed by atoms with Crippen molar-refractivity contribution in [3.8, 4) is 0 Å². The zero-order chi connectivity index (χ0) is 24.3. The van der Waals surface area contributed by atoms with Crippen molar-refractivity contribution >= 4 is 11.9 Å². The molecule has 0 atom stereocenters. The third-order valence-electron chi connectivity index (χ3n) is 5.22. The van der Waals surface area contributed by atoms with E-state index in [1.807, 2.05) is 44.1 Å². The lowest BCUT2D eigenvalue weighted by molar-refractivity contribution is -0.138. The van der Waals surface area contributed by atoms with E-state index in [4.69, 9.17) is 5.11 Å². The van der Waals surface area contributed by atoms with Crippen molar-refractivity contribution in [1.82, 2.24) is 9.36 Å². The van der Waals surface area contributed by atoms with Gasteiger partial charge in [0.2, 0.25) is 0 Å². The van der Waals surface area contributed by atoms with Crippen LogP contribution in [0.5, 0.6) is 0 Å². The Bertz CT molecular complexity index is 1060. The number of aliphatic carboxylic acids is 1. The molecule has 9 heteroatoms. The van der Waals surface area contributed by atoms with Crippen LogP contribution < -0.4 is 5.49 Å². The lowest BCUT2D eigenvalue weighted by Gasteiger charge is -2.20. The predicted molar refractivity (Wildman–Crippen MR) is 114 cm³/mol. The molecule has 1 heterocycles. The van der Waals surface area contributed by atoms with Gasteiger partial charge in [-0.25, -0.2) is 0 Å². The first-order valence-electron chi connectivity index (χ1n) is 10.5. The van der Waals surface area contributed by atoms with E-state index in [-0.39, 0.29) is 29.4 Å². The number of carbonyl (C=O) groups excluding carboxylic acids is 1. The summed E-state index contributed by atoms with van der Waals surface area (Å²) in [6.45, 7) is 8.70. The minimum atomic E-state index is -4.63. The average Bonchev–Trinajstić information content (AvgIpc) is 2.99. The minimum Gasteiger partial charge on any atom is -0.481 e. The van der Waals surface area contributed by atoms with Crippen LogP contribution in [0, 0.1) is 0 Å². The number of carboxylic acid groups (broad SMARTS) is 1. The SMILES string of the molecule is CCCCn1c(=NC(=O)c2cc(C(F)(F)F)ccc2CCC(=O)O)cc(C(C)(C)C)n1C. The second kappa shape index (κ2) is 9.75. The quantitative estimate of drug-likeness (QED) is 0.660. The predicted octanol–water partition coefficient (Wildman–Crippen LogP) is 4.70. The zero-order valence-electron chi connectivity index (χ0n) is 19.1. The number of benzene rings is 1. The van der Waals surface area contributed by atoms with Gasteiger partial charge in [-0.05, 0) is 30.5 Å². The summed E-state index contributed by atoms with van der Waals surface area (Å²) >= 11 is 0. The van der Waals surface area contributed by atoms with E-state index < -0.39 is 23.6 Å². The van der Waals surface area contributed by atoms with E-state index in [1.165, 1.54) is 0 Å². The fraction of sp³-hybridized carbons (Fsp3) is 0.522. The van der Waals surface area contributed by atoms with Gasteiger partial charge in [0, 0.05) is 42.8 Å². The van der Waals surface area contributed by atoms with E-state index in [0.29, 0.717) is 12.0 Å². The molecule has 1 aromatic carbocycles. The van der Waals surface area contributed by atoms with E-state index >= 15 is 0 Å². The number of aryl methyl sites for hydroxylation is 1. The molecule has 0 saturated carbocycles. The highest BCUT2D eigenvalue weighted by Crippen LogP contribution is 2.31. The number of carbonyl (C=O) groups is 2. The highest BCUT2D eigenvalue weighted by molar-refractivity contribution is 5.96. The molecule has 0 aliphatic rings. The number of alkyl halides is 3. The van der Waals surface area contributed by atoms with Crippen LogP contribution in [0.1, 0.15) is 74.1 Å². The Morgan fingerprint density at radius 1 is 1.12 bits per heavy atom. The lowest BCUT2D eigenvalue weighted by Crippen LogP contribution is -2.25. The number of halogens is 3.